The molecule has 132 valence electrons. The van der Waals surface area contributed by atoms with Gasteiger partial charge in [-0.3, -0.25) is 0 Å². The van der Waals surface area contributed by atoms with Gasteiger partial charge in [-0.05, 0) is 35.4 Å². The van der Waals surface area contributed by atoms with Crippen LogP contribution in [0.15, 0.2) is 48.5 Å². The van der Waals surface area contributed by atoms with Crippen molar-refractivity contribution in [2.45, 2.75) is 0 Å². The number of hydrogen-bond acceptors (Lipinski definition) is 8. The Bertz CT molecular complexity index is 951. The minimum absolute atomic E-state index is 0.782. The van der Waals surface area contributed by atoms with Gasteiger partial charge in [0.2, 0.25) is 0 Å². The molecule has 0 saturated carbocycles. The van der Waals surface area contributed by atoms with E-state index in [4.69, 9.17) is 43.0 Å². The maximum atomic E-state index is 8.58. The van der Waals surface area contributed by atoms with Crippen molar-refractivity contribution >= 4 is 11.4 Å². The van der Waals surface area contributed by atoms with E-state index in [1.165, 1.54) is 0 Å². The van der Waals surface area contributed by atoms with Crippen LogP contribution in [-0.2, 0) is 10.7 Å². The summed E-state index contributed by atoms with van der Waals surface area (Å²) in [4.78, 5) is 6.19. The molecular weight excluding hydrogens is 384 g/mol. The molecule has 0 bridgehead atoms. The predicted octanol–water partition coefficient (Wildman–Crippen LogP) is 2.62. The first-order valence-corrected chi connectivity index (χ1v) is 10.2. The molecule has 2 aromatic rings. The molecule has 0 fully saturated rings. The molecule has 2 rings (SSSR count). The summed E-state index contributed by atoms with van der Waals surface area (Å²) < 4.78 is 0. The molecule has 0 aliphatic carbocycles. The van der Waals surface area contributed by atoms with Crippen molar-refractivity contribution in [3.05, 3.63) is 48.5 Å². The quantitative estimate of drug-likeness (QED) is 0.542. The molecule has 0 amide bonds. The number of nitrogen functional groups attached to an aromatic ring is 2. The zero-order valence-corrected chi connectivity index (χ0v) is 14.9. The van der Waals surface area contributed by atoms with Gasteiger partial charge in [0.1, 0.15) is 0 Å². The Morgan fingerprint density at radius 3 is 0.852 bits per heavy atom. The summed E-state index contributed by atoms with van der Waals surface area (Å²) in [6, 6.07) is 15.6. The van der Waals surface area contributed by atoms with Gasteiger partial charge in [-0.2, -0.15) is 0 Å². The van der Waals surface area contributed by atoms with Crippen LogP contribution >= 0.6 is 0 Å². The van der Waals surface area contributed by atoms with Crippen LogP contribution in [0.4, 0.5) is 11.4 Å². The smallest absolute Gasteiger partial charge is 0.0314 e. The van der Waals surface area contributed by atoms with Crippen molar-refractivity contribution in [3.8, 4) is 40.9 Å². The molecule has 0 heterocycles. The fourth-order valence-electron chi connectivity index (χ4n) is 1.62. The van der Waals surface area contributed by atoms with Gasteiger partial charge in [0, 0.05) is 11.4 Å². The molecule has 27 heavy (non-hydrogen) atoms. The van der Waals surface area contributed by atoms with Gasteiger partial charge in [-0.15, -0.1) is 0 Å². The van der Waals surface area contributed by atoms with Crippen molar-refractivity contribution in [2.75, 3.05) is 11.5 Å². The summed E-state index contributed by atoms with van der Waals surface area (Å²) in [5.41, 5.74) is 15.1. The number of nitriles is 6. The molecule has 0 aliphatic rings. The van der Waals surface area contributed by atoms with E-state index in [0.717, 1.165) is 52.3 Å². The van der Waals surface area contributed by atoms with Crippen LogP contribution in [-0.4, -0.2) is 0 Å². The van der Waals surface area contributed by atoms with Gasteiger partial charge in [0.25, 0.3) is 0 Å². The molecule has 0 spiro atoms. The Hall–Kier alpha value is -4.50. The van der Waals surface area contributed by atoms with Crippen molar-refractivity contribution < 1.29 is 10.7 Å². The van der Waals surface area contributed by atoms with Crippen molar-refractivity contribution in [3.63, 3.8) is 0 Å². The average Bonchev–Trinajstić information content (AvgIpc) is 2.74. The number of rotatable bonds is 1. The fraction of sp³-hybridized carbons (Fsp3) is 0. The molecule has 0 atom stereocenters. The Kier molecular flexibility index (Phi) is 5.16. The van der Waals surface area contributed by atoms with Crippen LogP contribution in [0.25, 0.3) is 11.1 Å². The summed E-state index contributed by atoms with van der Waals surface area (Å²) in [5.74, 6) is 0. The SMILES string of the molecule is N#[C][Fe]([C]#N)([C]#N)([C]#N)([C]#N)[C]#N.Nc1ccc(-c2ccc(N)cc2)cc1. The summed E-state index contributed by atoms with van der Waals surface area (Å²) in [5, 5.41) is 51.5. The van der Waals surface area contributed by atoms with E-state index < -0.39 is 10.7 Å². The number of anilines is 2. The summed E-state index contributed by atoms with van der Waals surface area (Å²) >= 11 is 0. The molecular formula is C18H12FeN8. The second-order valence-corrected chi connectivity index (χ2v) is 10.7. The van der Waals surface area contributed by atoms with Gasteiger partial charge in [0.15, 0.2) is 0 Å². The second-order valence-electron chi connectivity index (χ2n) is 5.04. The Morgan fingerprint density at radius 2 is 0.704 bits per heavy atom. The first-order valence-electron chi connectivity index (χ1n) is 6.87. The maximum Gasteiger partial charge on any atom is 0.0314 e. The predicted molar refractivity (Wildman–Crippen MR) is 94.4 cm³/mol. The van der Waals surface area contributed by atoms with Crippen molar-refractivity contribution in [1.82, 2.24) is 0 Å². The third kappa shape index (κ3) is 3.34. The summed E-state index contributed by atoms with van der Waals surface area (Å²) in [6.45, 7) is 0. The largest absolute Gasteiger partial charge is 0.399 e. The third-order valence-electron chi connectivity index (χ3n) is 3.34. The van der Waals surface area contributed by atoms with Crippen LogP contribution in [0.2, 0.25) is 0 Å². The van der Waals surface area contributed by atoms with E-state index in [2.05, 4.69) is 0 Å². The monoisotopic (exact) mass is 396 g/mol. The third-order valence-corrected chi connectivity index (χ3v) is 7.04. The zero-order chi connectivity index (χ0) is 20.6. The Morgan fingerprint density at radius 1 is 0.481 bits per heavy atom. The number of hydrogen-bond donors (Lipinski definition) is 2. The first kappa shape index (κ1) is 20.5. The Labute approximate surface area is 154 Å². The van der Waals surface area contributed by atoms with E-state index in [9.17, 15) is 0 Å². The molecule has 4 N–H and O–H groups in total. The second kappa shape index (κ2) is 6.78. The molecule has 8 nitrogen and oxygen atoms in total. The van der Waals surface area contributed by atoms with Crippen LogP contribution in [0.1, 0.15) is 0 Å². The molecule has 0 radical (unpaired) electrons. The fourth-order valence-corrected chi connectivity index (χ4v) is 2.44. The molecule has 2 aromatic carbocycles. The minimum Gasteiger partial charge on any atom is -0.399 e. The van der Waals surface area contributed by atoms with Crippen molar-refractivity contribution in [1.29, 1.82) is 31.6 Å². The van der Waals surface area contributed by atoms with E-state index in [0.29, 0.717) is 0 Å². The number of nitrogens with zero attached hydrogens (tertiary/aromatic N) is 6. The molecule has 0 aliphatic heterocycles. The normalized spacial score (nSPS) is 11.6. The molecule has 0 aromatic heterocycles. The van der Waals surface area contributed by atoms with E-state index >= 15 is 0 Å². The minimum atomic E-state index is -6.17. The number of nitrogens with two attached hydrogens (primary N) is 2. The van der Waals surface area contributed by atoms with Gasteiger partial charge in [-0.25, -0.2) is 0 Å². The summed E-state index contributed by atoms with van der Waals surface area (Å²) in [7, 11) is -6.17. The first-order chi connectivity index (χ1) is 12.7. The van der Waals surface area contributed by atoms with Crippen LogP contribution in [0.3, 0.4) is 0 Å². The van der Waals surface area contributed by atoms with Gasteiger partial charge < -0.3 is 11.5 Å². The standard InChI is InChI=1S/C12H12N2.6CN.Fe/c13-11-5-1-9(2-6-11)10-3-7-12(14)8-4-10;6*1-2;/h1-8H,13-14H2;;;;;;;. The average molecular weight is 396 g/mol. The van der Waals surface area contributed by atoms with Crippen LogP contribution < -0.4 is 11.5 Å². The molecule has 0 saturated heterocycles. The van der Waals surface area contributed by atoms with Gasteiger partial charge >= 0.3 is 72.1 Å². The topological polar surface area (TPSA) is 195 Å². The van der Waals surface area contributed by atoms with Gasteiger partial charge in [-0.1, -0.05) is 24.3 Å². The Balaban J connectivity index is 0.000000271. The van der Waals surface area contributed by atoms with E-state index in [-0.39, 0.29) is 0 Å². The van der Waals surface area contributed by atoms with Crippen molar-refractivity contribution in [2.24, 2.45) is 0 Å². The van der Waals surface area contributed by atoms with Crippen LogP contribution in [0, 0.1) is 61.4 Å². The van der Waals surface area contributed by atoms with E-state index in [1.807, 2.05) is 48.5 Å². The zero-order valence-electron chi connectivity index (χ0n) is 13.8. The molecule has 0 unspecified atom stereocenters. The van der Waals surface area contributed by atoms with E-state index in [1.54, 1.807) is 0 Å². The summed E-state index contributed by atoms with van der Waals surface area (Å²) in [6.07, 6.45) is 0. The molecule has 9 heteroatoms. The van der Waals surface area contributed by atoms with Gasteiger partial charge in [0.05, 0.1) is 0 Å². The number of benzene rings is 2. The maximum absolute atomic E-state index is 8.58. The van der Waals surface area contributed by atoms with Crippen LogP contribution in [0.5, 0.6) is 0 Å².